The number of aromatic nitrogens is 4. The summed E-state index contributed by atoms with van der Waals surface area (Å²) in [4.78, 5) is 15.2. The van der Waals surface area contributed by atoms with Crippen LogP contribution in [0.25, 0.3) is 11.2 Å². The first-order valence-electron chi connectivity index (χ1n) is 6.40. The number of fused-ring (bicyclic) bond motifs is 4. The molecule has 0 radical (unpaired) electrons. The van der Waals surface area contributed by atoms with Crippen LogP contribution in [0.3, 0.4) is 0 Å². The normalized spacial score (nSPS) is 21.3. The second-order valence-electron chi connectivity index (χ2n) is 5.29. The Morgan fingerprint density at radius 3 is 2.89 bits per heavy atom. The molecule has 1 fully saturated rings. The van der Waals surface area contributed by atoms with Gasteiger partial charge in [0.05, 0.1) is 11.7 Å². The number of nitrogens with zero attached hydrogens (tertiary/aromatic N) is 5. The van der Waals surface area contributed by atoms with E-state index in [0.717, 1.165) is 49.7 Å². The van der Waals surface area contributed by atoms with Gasteiger partial charge in [-0.3, -0.25) is 4.57 Å². The van der Waals surface area contributed by atoms with E-state index in [4.69, 9.17) is 16.3 Å². The summed E-state index contributed by atoms with van der Waals surface area (Å²) in [7, 11) is 2.07. The van der Waals surface area contributed by atoms with Crippen LogP contribution in [0.15, 0.2) is 6.20 Å². The maximum atomic E-state index is 5.94. The lowest BCUT2D eigenvalue weighted by atomic mass is 9.90. The van der Waals surface area contributed by atoms with Crippen molar-refractivity contribution in [3.63, 3.8) is 0 Å². The summed E-state index contributed by atoms with van der Waals surface area (Å²) in [5.41, 5.74) is 1.67. The van der Waals surface area contributed by atoms with Gasteiger partial charge in [0, 0.05) is 26.8 Å². The van der Waals surface area contributed by atoms with Crippen molar-refractivity contribution in [3.8, 4) is 0 Å². The lowest BCUT2D eigenvalue weighted by molar-refractivity contribution is 0.0328. The topological polar surface area (TPSA) is 56.1 Å². The number of anilines is 1. The molecule has 0 bridgehead atoms. The average molecular weight is 280 g/mol. The van der Waals surface area contributed by atoms with Crippen molar-refractivity contribution >= 4 is 28.7 Å². The van der Waals surface area contributed by atoms with Crippen LogP contribution in [-0.2, 0) is 10.3 Å². The molecule has 0 atom stereocenters. The molecule has 0 N–H and O–H groups in total. The fraction of sp³-hybridized carbons (Fsp3) is 0.583. The van der Waals surface area contributed by atoms with E-state index in [1.807, 2.05) is 0 Å². The largest absolute Gasteiger partial charge is 0.381 e. The minimum atomic E-state index is 0.0365. The van der Waals surface area contributed by atoms with Crippen molar-refractivity contribution in [1.29, 1.82) is 0 Å². The molecule has 0 unspecified atom stereocenters. The highest BCUT2D eigenvalue weighted by Crippen LogP contribution is 2.42. The van der Waals surface area contributed by atoms with E-state index >= 15 is 0 Å². The van der Waals surface area contributed by atoms with Crippen molar-refractivity contribution in [2.75, 3.05) is 31.7 Å². The van der Waals surface area contributed by atoms with Gasteiger partial charge in [0.15, 0.2) is 5.65 Å². The SMILES string of the molecule is CN1CC2(CCOCC2)n2c1nc1cnc(Cl)nc12. The lowest BCUT2D eigenvalue weighted by Crippen LogP contribution is -2.41. The minimum absolute atomic E-state index is 0.0365. The molecule has 100 valence electrons. The zero-order valence-electron chi connectivity index (χ0n) is 10.6. The van der Waals surface area contributed by atoms with Crippen LogP contribution in [-0.4, -0.2) is 46.3 Å². The summed E-state index contributed by atoms with van der Waals surface area (Å²) in [6, 6.07) is 0. The standard InChI is InChI=1S/C12H14ClN5O/c1-17-7-12(2-4-19-5-3-12)18-9-8(15-11(17)18)6-14-10(13)16-9/h6H,2-5,7H2,1H3. The van der Waals surface area contributed by atoms with E-state index in [2.05, 4.69) is 31.5 Å². The molecule has 0 aromatic carbocycles. The van der Waals surface area contributed by atoms with Gasteiger partial charge >= 0.3 is 0 Å². The number of imidazole rings is 1. The summed E-state index contributed by atoms with van der Waals surface area (Å²) in [6.07, 6.45) is 3.66. The molecule has 2 aliphatic heterocycles. The Morgan fingerprint density at radius 2 is 2.11 bits per heavy atom. The van der Waals surface area contributed by atoms with Gasteiger partial charge < -0.3 is 9.64 Å². The van der Waals surface area contributed by atoms with Crippen molar-refractivity contribution in [1.82, 2.24) is 19.5 Å². The van der Waals surface area contributed by atoms with Gasteiger partial charge in [-0.1, -0.05) is 0 Å². The summed E-state index contributed by atoms with van der Waals surface area (Å²) < 4.78 is 7.74. The molecule has 1 saturated heterocycles. The first-order valence-corrected chi connectivity index (χ1v) is 6.78. The van der Waals surface area contributed by atoms with Crippen LogP contribution in [0, 0.1) is 0 Å². The summed E-state index contributed by atoms with van der Waals surface area (Å²) in [5, 5.41) is 0.270. The quantitative estimate of drug-likeness (QED) is 0.683. The number of rotatable bonds is 0. The van der Waals surface area contributed by atoms with E-state index in [1.54, 1.807) is 6.20 Å². The number of hydrogen-bond acceptors (Lipinski definition) is 5. The molecule has 0 amide bonds. The van der Waals surface area contributed by atoms with Crippen LogP contribution in [0.4, 0.5) is 5.95 Å². The van der Waals surface area contributed by atoms with Crippen molar-refractivity contribution in [3.05, 3.63) is 11.5 Å². The Morgan fingerprint density at radius 1 is 1.32 bits per heavy atom. The molecule has 0 saturated carbocycles. The number of likely N-dealkylation sites (N-methyl/N-ethyl adjacent to an activating group) is 1. The monoisotopic (exact) mass is 279 g/mol. The highest BCUT2D eigenvalue weighted by Gasteiger charge is 2.44. The van der Waals surface area contributed by atoms with Crippen molar-refractivity contribution < 1.29 is 4.74 Å². The molecule has 6 nitrogen and oxygen atoms in total. The first-order chi connectivity index (χ1) is 9.20. The third-order valence-corrected chi connectivity index (χ3v) is 4.31. The van der Waals surface area contributed by atoms with Gasteiger partial charge in [-0.15, -0.1) is 0 Å². The van der Waals surface area contributed by atoms with E-state index in [0.29, 0.717) is 0 Å². The highest BCUT2D eigenvalue weighted by atomic mass is 35.5. The van der Waals surface area contributed by atoms with Crippen LogP contribution in [0.1, 0.15) is 12.8 Å². The zero-order chi connectivity index (χ0) is 13.0. The predicted octanol–water partition coefficient (Wildman–Crippen LogP) is 1.44. The van der Waals surface area contributed by atoms with Gasteiger partial charge in [0.25, 0.3) is 0 Å². The fourth-order valence-corrected chi connectivity index (χ4v) is 3.38. The molecule has 2 aliphatic rings. The van der Waals surface area contributed by atoms with E-state index in [9.17, 15) is 0 Å². The fourth-order valence-electron chi connectivity index (χ4n) is 3.25. The van der Waals surface area contributed by atoms with Gasteiger partial charge in [0.2, 0.25) is 11.2 Å². The van der Waals surface area contributed by atoms with Gasteiger partial charge in [0.1, 0.15) is 5.52 Å². The minimum Gasteiger partial charge on any atom is -0.381 e. The first kappa shape index (κ1) is 11.4. The molecule has 2 aromatic heterocycles. The molecule has 19 heavy (non-hydrogen) atoms. The number of halogens is 1. The summed E-state index contributed by atoms with van der Waals surface area (Å²) in [6.45, 7) is 2.52. The van der Waals surface area contributed by atoms with Gasteiger partial charge in [-0.05, 0) is 24.4 Å². The zero-order valence-corrected chi connectivity index (χ0v) is 11.4. The van der Waals surface area contributed by atoms with Crippen molar-refractivity contribution in [2.45, 2.75) is 18.4 Å². The second-order valence-corrected chi connectivity index (χ2v) is 5.63. The highest BCUT2D eigenvalue weighted by molar-refractivity contribution is 6.28. The summed E-state index contributed by atoms with van der Waals surface area (Å²) in [5.74, 6) is 0.952. The van der Waals surface area contributed by atoms with Crippen LogP contribution >= 0.6 is 11.6 Å². The Balaban J connectivity index is 1.98. The molecule has 4 heterocycles. The third-order valence-electron chi connectivity index (χ3n) is 4.12. The number of hydrogen-bond donors (Lipinski definition) is 0. The van der Waals surface area contributed by atoms with Crippen LogP contribution in [0.5, 0.6) is 0 Å². The van der Waals surface area contributed by atoms with Crippen molar-refractivity contribution in [2.24, 2.45) is 0 Å². The molecular formula is C12H14ClN5O. The third kappa shape index (κ3) is 1.50. The Hall–Kier alpha value is -1.40. The molecular weight excluding hydrogens is 266 g/mol. The van der Waals surface area contributed by atoms with E-state index in [1.165, 1.54) is 0 Å². The maximum Gasteiger partial charge on any atom is 0.224 e. The Bertz CT molecular complexity index is 649. The van der Waals surface area contributed by atoms with Crippen LogP contribution in [0.2, 0.25) is 5.28 Å². The average Bonchev–Trinajstić information content (AvgIpc) is 2.89. The molecule has 4 rings (SSSR count). The maximum absolute atomic E-state index is 5.94. The number of ether oxygens (including phenoxy) is 1. The Labute approximate surface area is 115 Å². The molecule has 2 aromatic rings. The van der Waals surface area contributed by atoms with Crippen LogP contribution < -0.4 is 4.90 Å². The van der Waals surface area contributed by atoms with E-state index in [-0.39, 0.29) is 10.8 Å². The smallest absolute Gasteiger partial charge is 0.224 e. The summed E-state index contributed by atoms with van der Waals surface area (Å²) >= 11 is 5.94. The second kappa shape index (κ2) is 3.80. The molecule has 1 spiro atoms. The van der Waals surface area contributed by atoms with Gasteiger partial charge in [-0.2, -0.15) is 4.98 Å². The molecule has 7 heteroatoms. The molecule has 0 aliphatic carbocycles. The predicted molar refractivity (Wildman–Crippen MR) is 71.6 cm³/mol. The van der Waals surface area contributed by atoms with E-state index < -0.39 is 0 Å². The van der Waals surface area contributed by atoms with Gasteiger partial charge in [-0.25, -0.2) is 9.97 Å². The Kier molecular flexibility index (Phi) is 2.29. The lowest BCUT2D eigenvalue weighted by Gasteiger charge is -2.34.